The van der Waals surface area contributed by atoms with Gasteiger partial charge in [-0.25, -0.2) is 9.97 Å². The lowest BCUT2D eigenvalue weighted by Crippen LogP contribution is -2.47. The number of benzene rings is 1. The summed E-state index contributed by atoms with van der Waals surface area (Å²) in [5, 5.41) is 4.23. The molecule has 0 spiro atoms. The van der Waals surface area contributed by atoms with Gasteiger partial charge in [0.2, 0.25) is 5.95 Å². The number of rotatable bonds is 8. The van der Waals surface area contributed by atoms with Crippen molar-refractivity contribution in [2.24, 2.45) is 5.41 Å². The molecule has 2 fully saturated rings. The minimum Gasteiger partial charge on any atom is -0.493 e. The van der Waals surface area contributed by atoms with Crippen molar-refractivity contribution in [1.82, 2.24) is 29.7 Å². The molecule has 0 unspecified atom stereocenters. The minimum atomic E-state index is 0.0365. The number of carbonyl (C=O) groups is 1. The van der Waals surface area contributed by atoms with Crippen LogP contribution in [0.5, 0.6) is 5.75 Å². The Hall–Kier alpha value is -4.02. The van der Waals surface area contributed by atoms with Gasteiger partial charge in [0.1, 0.15) is 11.4 Å². The van der Waals surface area contributed by atoms with Gasteiger partial charge in [-0.2, -0.15) is 0 Å². The van der Waals surface area contributed by atoms with Gasteiger partial charge in [0, 0.05) is 61.2 Å². The lowest BCUT2D eigenvalue weighted by Gasteiger charge is -2.40. The summed E-state index contributed by atoms with van der Waals surface area (Å²) in [7, 11) is 2.08. The Balaban J connectivity index is 1.15. The van der Waals surface area contributed by atoms with E-state index in [1.165, 1.54) is 0 Å². The maximum absolute atomic E-state index is 13.0. The van der Waals surface area contributed by atoms with Crippen LogP contribution in [0, 0.1) is 5.41 Å². The molecule has 39 heavy (non-hydrogen) atoms. The van der Waals surface area contributed by atoms with E-state index in [2.05, 4.69) is 44.1 Å². The van der Waals surface area contributed by atoms with E-state index in [0.29, 0.717) is 29.6 Å². The van der Waals surface area contributed by atoms with E-state index in [1.54, 1.807) is 12.4 Å². The largest absolute Gasteiger partial charge is 0.493 e. The van der Waals surface area contributed by atoms with Gasteiger partial charge in [0.05, 0.1) is 36.6 Å². The number of nitrogens with zero attached hydrogens (tertiary/aromatic N) is 5. The summed E-state index contributed by atoms with van der Waals surface area (Å²) in [5.41, 5.74) is 3.85. The molecule has 1 aromatic carbocycles. The molecule has 2 N–H and O–H groups in total. The van der Waals surface area contributed by atoms with Crippen molar-refractivity contribution in [2.75, 3.05) is 58.4 Å². The summed E-state index contributed by atoms with van der Waals surface area (Å²) in [4.78, 5) is 34.0. The summed E-state index contributed by atoms with van der Waals surface area (Å²) < 4.78 is 11.5. The van der Waals surface area contributed by atoms with Crippen LogP contribution in [-0.4, -0.2) is 88.7 Å². The third kappa shape index (κ3) is 5.43. The molecule has 0 aliphatic carbocycles. The highest BCUT2D eigenvalue weighted by molar-refractivity contribution is 5.98. The Bertz CT molecular complexity index is 1470. The van der Waals surface area contributed by atoms with Crippen molar-refractivity contribution in [1.29, 1.82) is 0 Å². The average molecular weight is 528 g/mol. The first kappa shape index (κ1) is 25.3. The van der Waals surface area contributed by atoms with Crippen molar-refractivity contribution in [3.63, 3.8) is 0 Å². The number of amides is 1. The third-order valence-corrected chi connectivity index (χ3v) is 7.66. The number of fused-ring (bicyclic) bond motifs is 1. The molecule has 6 rings (SSSR count). The quantitative estimate of drug-likeness (QED) is 0.355. The van der Waals surface area contributed by atoms with Gasteiger partial charge in [-0.15, -0.1) is 0 Å². The predicted molar refractivity (Wildman–Crippen MR) is 149 cm³/mol. The molecular formula is C29H33N7O3. The van der Waals surface area contributed by atoms with E-state index < -0.39 is 0 Å². The molecule has 4 aromatic rings. The first-order valence-electron chi connectivity index (χ1n) is 13.4. The van der Waals surface area contributed by atoms with Crippen LogP contribution in [0.25, 0.3) is 22.3 Å². The summed E-state index contributed by atoms with van der Waals surface area (Å²) in [6.07, 6.45) is 4.46. The number of hydrogen-bond donors (Lipinski definition) is 2. The van der Waals surface area contributed by atoms with Gasteiger partial charge < -0.3 is 29.6 Å². The molecule has 202 valence electrons. The SMILES string of the molecule is CCC1(COc2ccnc(-c3ccnc(Nc4ccc5[nH]c(C(=O)N6CCN(C)CC6)cc5c4)n3)c2)COC1. The van der Waals surface area contributed by atoms with Crippen molar-refractivity contribution in [3.8, 4) is 17.1 Å². The topological polar surface area (TPSA) is 108 Å². The average Bonchev–Trinajstić information content (AvgIpc) is 3.37. The van der Waals surface area contributed by atoms with Gasteiger partial charge in [-0.3, -0.25) is 9.78 Å². The maximum atomic E-state index is 13.0. The summed E-state index contributed by atoms with van der Waals surface area (Å²) >= 11 is 0. The van der Waals surface area contributed by atoms with Crippen LogP contribution in [0.1, 0.15) is 23.8 Å². The Labute approximate surface area is 227 Å². The number of nitrogens with one attached hydrogen (secondary N) is 2. The van der Waals surface area contributed by atoms with Gasteiger partial charge in [0.15, 0.2) is 0 Å². The second-order valence-corrected chi connectivity index (χ2v) is 10.5. The smallest absolute Gasteiger partial charge is 0.270 e. The number of hydrogen-bond acceptors (Lipinski definition) is 8. The Kier molecular flexibility index (Phi) is 6.88. The fourth-order valence-corrected chi connectivity index (χ4v) is 4.85. The van der Waals surface area contributed by atoms with Crippen molar-refractivity contribution in [2.45, 2.75) is 13.3 Å². The van der Waals surface area contributed by atoms with Crippen LogP contribution in [0.15, 0.2) is 54.9 Å². The number of aromatic nitrogens is 4. The molecule has 1 amide bonds. The van der Waals surface area contributed by atoms with Gasteiger partial charge in [0.25, 0.3) is 5.91 Å². The Morgan fingerprint density at radius 1 is 1.05 bits per heavy atom. The van der Waals surface area contributed by atoms with E-state index in [4.69, 9.17) is 9.47 Å². The summed E-state index contributed by atoms with van der Waals surface area (Å²) in [6.45, 7) is 7.53. The zero-order valence-electron chi connectivity index (χ0n) is 22.3. The zero-order valence-corrected chi connectivity index (χ0v) is 22.3. The van der Waals surface area contributed by atoms with E-state index in [1.807, 2.05) is 47.4 Å². The molecule has 0 atom stereocenters. The summed E-state index contributed by atoms with van der Waals surface area (Å²) in [5.74, 6) is 1.25. The van der Waals surface area contributed by atoms with Crippen molar-refractivity contribution < 1.29 is 14.3 Å². The number of aromatic amines is 1. The fourth-order valence-electron chi connectivity index (χ4n) is 4.85. The van der Waals surface area contributed by atoms with Gasteiger partial charge in [-0.1, -0.05) is 6.92 Å². The summed E-state index contributed by atoms with van der Waals surface area (Å²) in [6, 6.07) is 13.4. The number of anilines is 2. The lowest BCUT2D eigenvalue weighted by molar-refractivity contribution is -0.133. The van der Waals surface area contributed by atoms with Crippen LogP contribution in [0.3, 0.4) is 0 Å². The van der Waals surface area contributed by atoms with Crippen molar-refractivity contribution >= 4 is 28.4 Å². The van der Waals surface area contributed by atoms with E-state index in [-0.39, 0.29) is 11.3 Å². The van der Waals surface area contributed by atoms with E-state index in [9.17, 15) is 4.79 Å². The molecule has 0 radical (unpaired) electrons. The number of H-pyrrole nitrogens is 1. The maximum Gasteiger partial charge on any atom is 0.270 e. The normalized spacial score (nSPS) is 17.1. The number of likely N-dealkylation sites (N-methyl/N-ethyl adjacent to an activating group) is 1. The molecule has 2 aliphatic rings. The molecule has 10 heteroatoms. The van der Waals surface area contributed by atoms with Crippen LogP contribution in [-0.2, 0) is 4.74 Å². The van der Waals surface area contributed by atoms with Gasteiger partial charge in [-0.05, 0) is 49.9 Å². The van der Waals surface area contributed by atoms with E-state index in [0.717, 1.165) is 68.2 Å². The molecular weight excluding hydrogens is 494 g/mol. The number of pyridine rings is 1. The highest BCUT2D eigenvalue weighted by atomic mass is 16.5. The first-order valence-corrected chi connectivity index (χ1v) is 13.4. The number of ether oxygens (including phenoxy) is 2. The Morgan fingerprint density at radius 3 is 2.64 bits per heavy atom. The number of carbonyl (C=O) groups excluding carboxylic acids is 1. The second-order valence-electron chi connectivity index (χ2n) is 10.5. The first-order chi connectivity index (χ1) is 19.0. The highest BCUT2D eigenvalue weighted by Gasteiger charge is 2.37. The predicted octanol–water partition coefficient (Wildman–Crippen LogP) is 3.96. The molecule has 10 nitrogen and oxygen atoms in total. The van der Waals surface area contributed by atoms with Crippen LogP contribution < -0.4 is 10.1 Å². The van der Waals surface area contributed by atoms with Crippen LogP contribution >= 0.6 is 0 Å². The lowest BCUT2D eigenvalue weighted by atomic mass is 9.84. The molecule has 3 aromatic heterocycles. The van der Waals surface area contributed by atoms with Crippen molar-refractivity contribution in [3.05, 3.63) is 60.6 Å². The third-order valence-electron chi connectivity index (χ3n) is 7.66. The minimum absolute atomic E-state index is 0.0365. The Morgan fingerprint density at radius 2 is 1.87 bits per heavy atom. The standard InChI is InChI=1S/C29H33N7O3/c1-3-29(17-38-18-29)19-39-22-6-8-30-25(16-22)24-7-9-31-28(34-24)32-21-4-5-23-20(14-21)15-26(33-23)27(37)36-12-10-35(2)11-13-36/h4-9,14-16,33H,3,10-13,17-19H2,1-2H3,(H,31,32,34). The zero-order chi connectivity index (χ0) is 26.8. The molecule has 2 aliphatic heterocycles. The van der Waals surface area contributed by atoms with Crippen LogP contribution in [0.2, 0.25) is 0 Å². The van der Waals surface area contributed by atoms with Crippen LogP contribution in [0.4, 0.5) is 11.6 Å². The molecule has 0 bridgehead atoms. The molecule has 2 saturated heterocycles. The second kappa shape index (κ2) is 10.6. The fraction of sp³-hybridized carbons (Fsp3) is 0.379. The monoisotopic (exact) mass is 527 g/mol. The number of piperazine rings is 1. The van der Waals surface area contributed by atoms with Gasteiger partial charge >= 0.3 is 0 Å². The molecule has 5 heterocycles. The highest BCUT2D eigenvalue weighted by Crippen LogP contribution is 2.32. The molecule has 0 saturated carbocycles. The van der Waals surface area contributed by atoms with E-state index >= 15 is 0 Å².